The van der Waals surface area contributed by atoms with Crippen molar-refractivity contribution in [2.24, 2.45) is 0 Å². The van der Waals surface area contributed by atoms with Gasteiger partial charge < -0.3 is 10.4 Å². The van der Waals surface area contributed by atoms with E-state index < -0.39 is 23.3 Å². The van der Waals surface area contributed by atoms with Crippen LogP contribution in [-0.4, -0.2) is 23.6 Å². The lowest BCUT2D eigenvalue weighted by atomic mass is 10.1. The van der Waals surface area contributed by atoms with Crippen LogP contribution in [0.2, 0.25) is 0 Å². The summed E-state index contributed by atoms with van der Waals surface area (Å²) in [6, 6.07) is 3.70. The second-order valence-corrected chi connectivity index (χ2v) is 3.39. The normalized spacial score (nSPS) is 11.9. The molecule has 0 amide bonds. The molecule has 1 atom stereocenters. The number of aliphatic hydroxyl groups is 1. The number of nitrogens with zero attached hydrogens (tertiary/aromatic N) is 1. The van der Waals surface area contributed by atoms with E-state index in [4.69, 9.17) is 22.0 Å². The van der Waals surface area contributed by atoms with Gasteiger partial charge in [0, 0.05) is 6.54 Å². The van der Waals surface area contributed by atoms with Crippen LogP contribution in [0.4, 0.5) is 14.5 Å². The number of anilines is 1. The van der Waals surface area contributed by atoms with Gasteiger partial charge in [-0.1, -0.05) is 0 Å². The molecule has 86 valence electrons. The Labute approximate surface area is 96.3 Å². The Kier molecular flexibility index (Phi) is 4.47. The highest BCUT2D eigenvalue weighted by Gasteiger charge is 2.13. The van der Waals surface area contributed by atoms with Gasteiger partial charge in [0.25, 0.3) is 0 Å². The number of hydrogen-bond acceptors (Lipinski definition) is 3. The van der Waals surface area contributed by atoms with Crippen molar-refractivity contribution in [3.05, 3.63) is 29.3 Å². The van der Waals surface area contributed by atoms with Gasteiger partial charge in [0.2, 0.25) is 0 Å². The van der Waals surface area contributed by atoms with Crippen LogP contribution in [0.3, 0.4) is 0 Å². The topological polar surface area (TPSA) is 56.0 Å². The Hall–Kier alpha value is -1.38. The zero-order chi connectivity index (χ0) is 12.1. The number of halogens is 3. The first-order valence-corrected chi connectivity index (χ1v) is 4.99. The molecular weight excluding hydrogens is 238 g/mol. The summed E-state index contributed by atoms with van der Waals surface area (Å²) in [7, 11) is 0. The Morgan fingerprint density at radius 3 is 2.75 bits per heavy atom. The molecule has 0 radical (unpaired) electrons. The van der Waals surface area contributed by atoms with E-state index in [1.165, 1.54) is 6.07 Å². The van der Waals surface area contributed by atoms with Crippen molar-refractivity contribution >= 4 is 17.3 Å². The van der Waals surface area contributed by atoms with Crippen LogP contribution in [-0.2, 0) is 0 Å². The second-order valence-electron chi connectivity index (χ2n) is 3.08. The van der Waals surface area contributed by atoms with Crippen molar-refractivity contribution in [2.45, 2.75) is 6.10 Å². The summed E-state index contributed by atoms with van der Waals surface area (Å²) in [4.78, 5) is 0. The first kappa shape index (κ1) is 12.7. The van der Waals surface area contributed by atoms with Crippen molar-refractivity contribution in [1.29, 1.82) is 5.26 Å². The molecule has 0 aliphatic rings. The molecule has 0 saturated carbocycles. The summed E-state index contributed by atoms with van der Waals surface area (Å²) in [5.74, 6) is -2.27. The van der Waals surface area contributed by atoms with E-state index >= 15 is 0 Å². The maximum absolute atomic E-state index is 13.1. The Bertz CT molecular complexity index is 420. The van der Waals surface area contributed by atoms with Crippen molar-refractivity contribution in [2.75, 3.05) is 17.7 Å². The molecule has 6 heteroatoms. The molecule has 3 nitrogen and oxygen atoms in total. The van der Waals surface area contributed by atoms with Crippen LogP contribution in [0, 0.1) is 23.0 Å². The van der Waals surface area contributed by atoms with Gasteiger partial charge in [0.1, 0.15) is 11.6 Å². The highest BCUT2D eigenvalue weighted by Crippen LogP contribution is 2.20. The average Bonchev–Trinajstić information content (AvgIpc) is 2.30. The van der Waals surface area contributed by atoms with Crippen LogP contribution in [0.1, 0.15) is 5.56 Å². The van der Waals surface area contributed by atoms with E-state index in [9.17, 15) is 8.78 Å². The third-order valence-corrected chi connectivity index (χ3v) is 2.27. The molecule has 0 saturated heterocycles. The van der Waals surface area contributed by atoms with Crippen molar-refractivity contribution in [1.82, 2.24) is 0 Å². The van der Waals surface area contributed by atoms with Gasteiger partial charge in [-0.2, -0.15) is 5.26 Å². The Balaban J connectivity index is 2.89. The molecule has 0 fully saturated rings. The van der Waals surface area contributed by atoms with Gasteiger partial charge in [0.05, 0.1) is 17.7 Å². The molecule has 0 spiro atoms. The van der Waals surface area contributed by atoms with E-state index in [0.29, 0.717) is 0 Å². The van der Waals surface area contributed by atoms with Crippen LogP contribution < -0.4 is 5.32 Å². The van der Waals surface area contributed by atoms with Gasteiger partial charge in [-0.15, -0.1) is 11.6 Å². The highest BCUT2D eigenvalue weighted by molar-refractivity contribution is 6.18. The Morgan fingerprint density at radius 1 is 1.50 bits per heavy atom. The van der Waals surface area contributed by atoms with E-state index in [1.54, 1.807) is 6.07 Å². The molecule has 16 heavy (non-hydrogen) atoms. The number of hydrogen-bond donors (Lipinski definition) is 2. The molecule has 2 N–H and O–H groups in total. The molecular formula is C10H9ClF2N2O. The molecule has 1 aromatic carbocycles. The summed E-state index contributed by atoms with van der Waals surface area (Å²) < 4.78 is 25.9. The predicted molar refractivity (Wildman–Crippen MR) is 56.3 cm³/mol. The van der Waals surface area contributed by atoms with E-state index in [1.807, 2.05) is 0 Å². The Morgan fingerprint density at radius 2 is 2.19 bits per heavy atom. The first-order valence-electron chi connectivity index (χ1n) is 4.46. The smallest absolute Gasteiger partial charge is 0.178 e. The zero-order valence-electron chi connectivity index (χ0n) is 8.17. The number of rotatable bonds is 4. The van der Waals surface area contributed by atoms with Crippen LogP contribution in [0.25, 0.3) is 0 Å². The van der Waals surface area contributed by atoms with Gasteiger partial charge in [-0.25, -0.2) is 8.78 Å². The van der Waals surface area contributed by atoms with Crippen molar-refractivity contribution < 1.29 is 13.9 Å². The number of aliphatic hydroxyl groups excluding tert-OH is 1. The molecule has 0 bridgehead atoms. The quantitative estimate of drug-likeness (QED) is 0.797. The largest absolute Gasteiger partial charge is 0.390 e. The van der Waals surface area contributed by atoms with E-state index in [2.05, 4.69) is 5.32 Å². The van der Waals surface area contributed by atoms with Crippen LogP contribution in [0.5, 0.6) is 0 Å². The molecule has 0 aliphatic carbocycles. The monoisotopic (exact) mass is 246 g/mol. The minimum Gasteiger partial charge on any atom is -0.390 e. The fourth-order valence-electron chi connectivity index (χ4n) is 1.09. The van der Waals surface area contributed by atoms with Gasteiger partial charge in [0.15, 0.2) is 11.6 Å². The van der Waals surface area contributed by atoms with E-state index in [0.717, 1.165) is 6.07 Å². The number of alkyl halides is 1. The van der Waals surface area contributed by atoms with Crippen LogP contribution in [0.15, 0.2) is 12.1 Å². The van der Waals surface area contributed by atoms with E-state index in [-0.39, 0.29) is 18.1 Å². The van der Waals surface area contributed by atoms with Crippen molar-refractivity contribution in [3.63, 3.8) is 0 Å². The number of nitriles is 1. The lowest BCUT2D eigenvalue weighted by Crippen LogP contribution is -2.21. The molecule has 1 aromatic rings. The third kappa shape index (κ3) is 2.81. The van der Waals surface area contributed by atoms with Crippen molar-refractivity contribution in [3.8, 4) is 6.07 Å². The fourth-order valence-corrected chi connectivity index (χ4v) is 1.20. The van der Waals surface area contributed by atoms with Gasteiger partial charge in [-0.05, 0) is 12.1 Å². The SMILES string of the molecule is N#Cc1c(NCC(O)CCl)ccc(F)c1F. The summed E-state index contributed by atoms with van der Waals surface area (Å²) in [6.45, 7) is 0.0588. The fraction of sp³-hybridized carbons (Fsp3) is 0.300. The second kappa shape index (κ2) is 5.64. The summed E-state index contributed by atoms with van der Waals surface area (Å²) >= 11 is 5.36. The van der Waals surface area contributed by atoms with Gasteiger partial charge >= 0.3 is 0 Å². The van der Waals surface area contributed by atoms with Gasteiger partial charge in [-0.3, -0.25) is 0 Å². The zero-order valence-corrected chi connectivity index (χ0v) is 8.93. The summed E-state index contributed by atoms with van der Waals surface area (Å²) in [5, 5.41) is 20.4. The minimum atomic E-state index is -1.20. The highest BCUT2D eigenvalue weighted by atomic mass is 35.5. The lowest BCUT2D eigenvalue weighted by molar-refractivity contribution is 0.211. The lowest BCUT2D eigenvalue weighted by Gasteiger charge is -2.11. The third-order valence-electron chi connectivity index (χ3n) is 1.91. The van der Waals surface area contributed by atoms with Crippen LogP contribution >= 0.6 is 11.6 Å². The molecule has 1 unspecified atom stereocenters. The first-order chi connectivity index (χ1) is 7.60. The number of nitrogens with one attached hydrogen (secondary N) is 1. The predicted octanol–water partition coefficient (Wildman–Crippen LogP) is 1.85. The number of benzene rings is 1. The summed E-state index contributed by atoms with van der Waals surface area (Å²) in [6.07, 6.45) is -0.818. The maximum Gasteiger partial charge on any atom is 0.178 e. The molecule has 0 heterocycles. The maximum atomic E-state index is 13.1. The average molecular weight is 247 g/mol. The standard InChI is InChI=1S/C10H9ClF2N2O/c11-3-6(16)5-15-9-2-1-8(12)10(13)7(9)4-14/h1-2,6,15-16H,3,5H2. The molecule has 1 rings (SSSR count). The molecule has 0 aliphatic heterocycles. The molecule has 0 aromatic heterocycles. The minimum absolute atomic E-state index is 0.0125. The summed E-state index contributed by atoms with van der Waals surface area (Å²) in [5.41, 5.74) is -0.285.